The van der Waals surface area contributed by atoms with Gasteiger partial charge < -0.3 is 4.98 Å². The first-order chi connectivity index (χ1) is 10.4. The quantitative estimate of drug-likeness (QED) is 0.639. The Morgan fingerprint density at radius 2 is 1.67 bits per heavy atom. The number of nitrogens with one attached hydrogen (secondary N) is 1. The number of aromatic amines is 1. The molecule has 0 radical (unpaired) electrons. The van der Waals surface area contributed by atoms with Gasteiger partial charge in [0.25, 0.3) is 0 Å². The van der Waals surface area contributed by atoms with E-state index in [4.69, 9.17) is 4.98 Å². The van der Waals surface area contributed by atoms with Crippen molar-refractivity contribution in [2.75, 3.05) is 0 Å². The molecular formula is C17H18N2S2. The minimum absolute atomic E-state index is 0.617. The molecule has 2 nitrogen and oxygen atoms in total. The summed E-state index contributed by atoms with van der Waals surface area (Å²) in [5.74, 6) is 1.81. The van der Waals surface area contributed by atoms with E-state index in [0.717, 1.165) is 5.69 Å². The Labute approximate surface area is 132 Å². The fourth-order valence-corrected chi connectivity index (χ4v) is 4.60. The van der Waals surface area contributed by atoms with E-state index in [2.05, 4.69) is 40.0 Å². The lowest BCUT2D eigenvalue weighted by Gasteiger charge is -2.19. The van der Waals surface area contributed by atoms with E-state index in [1.807, 2.05) is 0 Å². The van der Waals surface area contributed by atoms with Gasteiger partial charge in [0, 0.05) is 5.92 Å². The zero-order chi connectivity index (χ0) is 14.1. The first-order valence-electron chi connectivity index (χ1n) is 7.59. The van der Waals surface area contributed by atoms with E-state index < -0.39 is 0 Å². The van der Waals surface area contributed by atoms with Gasteiger partial charge in [-0.2, -0.15) is 0 Å². The molecule has 0 unspecified atom stereocenters. The Bertz CT molecular complexity index is 638. The number of rotatable bonds is 3. The first kappa shape index (κ1) is 13.3. The van der Waals surface area contributed by atoms with Crippen LogP contribution in [0.3, 0.4) is 0 Å². The summed E-state index contributed by atoms with van der Waals surface area (Å²) in [4.78, 5) is 11.2. The monoisotopic (exact) mass is 314 g/mol. The van der Waals surface area contributed by atoms with Crippen LogP contribution in [0.2, 0.25) is 0 Å². The average Bonchev–Trinajstić information content (AvgIpc) is 3.27. The summed E-state index contributed by atoms with van der Waals surface area (Å²) in [6, 6.07) is 8.56. The van der Waals surface area contributed by atoms with Crippen molar-refractivity contribution in [3.63, 3.8) is 0 Å². The highest BCUT2D eigenvalue weighted by atomic mass is 32.1. The lowest BCUT2D eigenvalue weighted by molar-refractivity contribution is 0.431. The number of nitrogens with zero attached hydrogens (tertiary/aromatic N) is 1. The fourth-order valence-electron chi connectivity index (χ4n) is 3.15. The van der Waals surface area contributed by atoms with Crippen LogP contribution in [-0.2, 0) is 0 Å². The minimum Gasteiger partial charge on any atom is -0.341 e. The lowest BCUT2D eigenvalue weighted by Crippen LogP contribution is -2.06. The van der Waals surface area contributed by atoms with Crippen molar-refractivity contribution in [1.82, 2.24) is 9.97 Å². The molecule has 0 amide bonds. The number of thiophene rings is 2. The van der Waals surface area contributed by atoms with Crippen LogP contribution in [0.1, 0.15) is 43.8 Å². The molecule has 3 heterocycles. The topological polar surface area (TPSA) is 28.7 Å². The van der Waals surface area contributed by atoms with Crippen molar-refractivity contribution >= 4 is 22.7 Å². The van der Waals surface area contributed by atoms with Crippen molar-refractivity contribution in [3.05, 3.63) is 40.8 Å². The second kappa shape index (κ2) is 5.78. The maximum Gasteiger partial charge on any atom is 0.110 e. The van der Waals surface area contributed by atoms with Gasteiger partial charge in [0.2, 0.25) is 0 Å². The molecule has 0 saturated heterocycles. The van der Waals surface area contributed by atoms with Crippen LogP contribution in [0.25, 0.3) is 21.1 Å². The summed E-state index contributed by atoms with van der Waals surface area (Å²) in [5.41, 5.74) is 2.33. The molecule has 108 valence electrons. The zero-order valence-electron chi connectivity index (χ0n) is 11.8. The molecule has 0 aromatic carbocycles. The summed E-state index contributed by atoms with van der Waals surface area (Å²) < 4.78 is 0. The molecule has 3 aromatic rings. The molecule has 1 aliphatic carbocycles. The Kier molecular flexibility index (Phi) is 3.65. The normalized spacial score (nSPS) is 16.4. The largest absolute Gasteiger partial charge is 0.341 e. The Morgan fingerprint density at radius 3 is 2.33 bits per heavy atom. The van der Waals surface area contributed by atoms with Gasteiger partial charge in [-0.3, -0.25) is 0 Å². The number of hydrogen-bond donors (Lipinski definition) is 1. The van der Waals surface area contributed by atoms with Crippen molar-refractivity contribution in [2.24, 2.45) is 0 Å². The van der Waals surface area contributed by atoms with Crippen molar-refractivity contribution < 1.29 is 0 Å². The van der Waals surface area contributed by atoms with Crippen LogP contribution in [0.15, 0.2) is 35.0 Å². The van der Waals surface area contributed by atoms with E-state index in [1.165, 1.54) is 53.4 Å². The molecule has 4 heteroatoms. The first-order valence-corrected chi connectivity index (χ1v) is 9.35. The molecule has 1 fully saturated rings. The molecule has 0 aliphatic heterocycles. The molecule has 1 aliphatic rings. The summed E-state index contributed by atoms with van der Waals surface area (Å²) >= 11 is 3.55. The summed E-state index contributed by atoms with van der Waals surface area (Å²) in [6.07, 6.45) is 6.62. The Balaban J connectivity index is 1.78. The number of aromatic nitrogens is 2. The van der Waals surface area contributed by atoms with Gasteiger partial charge in [-0.25, -0.2) is 4.98 Å². The third-order valence-electron chi connectivity index (χ3n) is 4.24. The van der Waals surface area contributed by atoms with Crippen molar-refractivity contribution in [2.45, 2.75) is 38.0 Å². The summed E-state index contributed by atoms with van der Waals surface area (Å²) in [5, 5.41) is 4.26. The van der Waals surface area contributed by atoms with E-state index in [1.54, 1.807) is 22.7 Å². The maximum atomic E-state index is 4.99. The zero-order valence-corrected chi connectivity index (χ0v) is 13.5. The molecule has 0 spiro atoms. The Hall–Kier alpha value is -1.39. The molecule has 1 N–H and O–H groups in total. The summed E-state index contributed by atoms with van der Waals surface area (Å²) in [7, 11) is 0. The summed E-state index contributed by atoms with van der Waals surface area (Å²) in [6.45, 7) is 0. The highest BCUT2D eigenvalue weighted by Gasteiger charge is 2.22. The van der Waals surface area contributed by atoms with Crippen LogP contribution < -0.4 is 0 Å². The molecule has 1 saturated carbocycles. The van der Waals surface area contributed by atoms with Gasteiger partial charge in [0.1, 0.15) is 11.5 Å². The van der Waals surface area contributed by atoms with Crippen molar-refractivity contribution in [1.29, 1.82) is 0 Å². The number of hydrogen-bond acceptors (Lipinski definition) is 3. The second-order valence-corrected chi connectivity index (χ2v) is 7.53. The van der Waals surface area contributed by atoms with Gasteiger partial charge in [-0.05, 0) is 35.7 Å². The highest BCUT2D eigenvalue weighted by Crippen LogP contribution is 2.39. The van der Waals surface area contributed by atoms with Crippen LogP contribution >= 0.6 is 22.7 Å². The third kappa shape index (κ3) is 2.58. The molecule has 21 heavy (non-hydrogen) atoms. The van der Waals surface area contributed by atoms with Gasteiger partial charge in [0.15, 0.2) is 0 Å². The Morgan fingerprint density at radius 1 is 0.952 bits per heavy atom. The molecule has 3 aromatic heterocycles. The second-order valence-electron chi connectivity index (χ2n) is 5.64. The molecule has 4 rings (SSSR count). The van der Waals surface area contributed by atoms with E-state index in [9.17, 15) is 0 Å². The van der Waals surface area contributed by atoms with Crippen LogP contribution in [-0.4, -0.2) is 9.97 Å². The van der Waals surface area contributed by atoms with Gasteiger partial charge >= 0.3 is 0 Å². The predicted octanol–water partition coefficient (Wildman–Crippen LogP) is 5.91. The maximum absolute atomic E-state index is 4.99. The van der Waals surface area contributed by atoms with Gasteiger partial charge in [-0.15, -0.1) is 22.7 Å². The molecular weight excluding hydrogens is 296 g/mol. The van der Waals surface area contributed by atoms with Crippen LogP contribution in [0.5, 0.6) is 0 Å². The number of imidazole rings is 1. The standard InChI is InChI=1S/C17H18N2S2/c1-2-6-12(7-3-1)17-18-15(13-8-4-10-20-13)16(19-17)14-9-5-11-21-14/h4-5,8-12H,1-3,6-7H2,(H,18,19). The smallest absolute Gasteiger partial charge is 0.110 e. The van der Waals surface area contributed by atoms with Crippen LogP contribution in [0.4, 0.5) is 0 Å². The van der Waals surface area contributed by atoms with E-state index >= 15 is 0 Å². The fraction of sp³-hybridized carbons (Fsp3) is 0.353. The minimum atomic E-state index is 0.617. The lowest BCUT2D eigenvalue weighted by atomic mass is 9.89. The molecule has 0 bridgehead atoms. The molecule has 0 atom stereocenters. The predicted molar refractivity (Wildman–Crippen MR) is 91.0 cm³/mol. The average molecular weight is 314 g/mol. The highest BCUT2D eigenvalue weighted by molar-refractivity contribution is 7.14. The van der Waals surface area contributed by atoms with Crippen molar-refractivity contribution in [3.8, 4) is 21.1 Å². The van der Waals surface area contributed by atoms with E-state index in [-0.39, 0.29) is 0 Å². The number of H-pyrrole nitrogens is 1. The van der Waals surface area contributed by atoms with E-state index in [0.29, 0.717) is 5.92 Å². The third-order valence-corrected chi connectivity index (χ3v) is 6.00. The SMILES string of the molecule is c1csc(-c2nc(C3CCCCC3)[nH]c2-c2cccs2)c1. The van der Waals surface area contributed by atoms with Crippen LogP contribution in [0, 0.1) is 0 Å². The van der Waals surface area contributed by atoms with Gasteiger partial charge in [0.05, 0.1) is 15.4 Å². The van der Waals surface area contributed by atoms with Gasteiger partial charge in [-0.1, -0.05) is 31.4 Å².